The van der Waals surface area contributed by atoms with Crippen LogP contribution in [-0.2, 0) is 9.53 Å². The van der Waals surface area contributed by atoms with Gasteiger partial charge in [-0.2, -0.15) is 0 Å². The summed E-state index contributed by atoms with van der Waals surface area (Å²) in [6.45, 7) is 1.26. The van der Waals surface area contributed by atoms with Crippen LogP contribution >= 0.6 is 0 Å². The fourth-order valence-electron chi connectivity index (χ4n) is 3.23. The molecule has 0 fully saturated rings. The Morgan fingerprint density at radius 2 is 1.83 bits per heavy atom. The first kappa shape index (κ1) is 19.3. The van der Waals surface area contributed by atoms with E-state index in [0.717, 1.165) is 21.9 Å². The summed E-state index contributed by atoms with van der Waals surface area (Å²) in [6.07, 6.45) is 0. The molecule has 3 aromatic carbocycles. The minimum absolute atomic E-state index is 0.00377. The van der Waals surface area contributed by atoms with E-state index in [4.69, 9.17) is 13.9 Å². The summed E-state index contributed by atoms with van der Waals surface area (Å²) in [5.74, 6) is -1.09. The third-order valence-corrected chi connectivity index (χ3v) is 4.68. The lowest BCUT2D eigenvalue weighted by Gasteiger charge is -2.11. The maximum absolute atomic E-state index is 12.3. The zero-order chi connectivity index (χ0) is 21.3. The van der Waals surface area contributed by atoms with Crippen molar-refractivity contribution in [2.75, 3.05) is 19.0 Å². The van der Waals surface area contributed by atoms with E-state index in [1.807, 2.05) is 24.3 Å². The van der Waals surface area contributed by atoms with Crippen LogP contribution in [0.4, 0.5) is 5.69 Å². The van der Waals surface area contributed by atoms with Crippen LogP contribution in [0.1, 0.15) is 15.9 Å². The van der Waals surface area contributed by atoms with Gasteiger partial charge in [-0.05, 0) is 31.2 Å². The zero-order valence-electron chi connectivity index (χ0n) is 16.4. The number of anilines is 1. The van der Waals surface area contributed by atoms with Crippen LogP contribution < -0.4 is 10.1 Å². The summed E-state index contributed by atoms with van der Waals surface area (Å²) in [4.78, 5) is 24.5. The number of fused-ring (bicyclic) bond motifs is 3. The van der Waals surface area contributed by atoms with Gasteiger partial charge >= 0.3 is 5.97 Å². The van der Waals surface area contributed by atoms with Crippen LogP contribution in [0.2, 0.25) is 0 Å². The predicted octanol–water partition coefficient (Wildman–Crippen LogP) is 4.40. The number of carbonyl (C=O) groups is 2. The molecule has 4 rings (SSSR count). The average molecular weight is 405 g/mol. The molecule has 1 heterocycles. The van der Waals surface area contributed by atoms with Crippen molar-refractivity contribution >= 4 is 39.5 Å². The van der Waals surface area contributed by atoms with Crippen LogP contribution in [0, 0.1) is 6.92 Å². The molecule has 4 aromatic rings. The number of carbonyl (C=O) groups excluding carboxylic acids is 2. The second-order valence-corrected chi connectivity index (χ2v) is 6.79. The highest BCUT2D eigenvalue weighted by molar-refractivity contribution is 6.08. The van der Waals surface area contributed by atoms with Gasteiger partial charge in [-0.25, -0.2) is 4.79 Å². The van der Waals surface area contributed by atoms with E-state index >= 15 is 0 Å². The van der Waals surface area contributed by atoms with E-state index in [9.17, 15) is 14.7 Å². The van der Waals surface area contributed by atoms with E-state index in [0.29, 0.717) is 17.0 Å². The number of hydrogen-bond acceptors (Lipinski definition) is 6. The van der Waals surface area contributed by atoms with Crippen LogP contribution in [0.15, 0.2) is 59.0 Å². The second kappa shape index (κ2) is 7.79. The summed E-state index contributed by atoms with van der Waals surface area (Å²) in [5, 5.41) is 14.3. The number of aryl methyl sites for hydroxylation is 1. The molecule has 0 radical (unpaired) electrons. The molecule has 152 valence electrons. The van der Waals surface area contributed by atoms with Crippen molar-refractivity contribution in [3.05, 3.63) is 65.7 Å². The third-order valence-electron chi connectivity index (χ3n) is 4.68. The molecule has 2 N–H and O–H groups in total. The van der Waals surface area contributed by atoms with Crippen LogP contribution in [-0.4, -0.2) is 30.7 Å². The van der Waals surface area contributed by atoms with E-state index in [2.05, 4.69) is 5.32 Å². The number of esters is 1. The third kappa shape index (κ3) is 3.65. The molecule has 0 saturated heterocycles. The van der Waals surface area contributed by atoms with Crippen molar-refractivity contribution in [3.8, 4) is 11.5 Å². The normalized spacial score (nSPS) is 10.9. The summed E-state index contributed by atoms with van der Waals surface area (Å²) >= 11 is 0. The number of para-hydroxylation sites is 1. The summed E-state index contributed by atoms with van der Waals surface area (Å²) in [7, 11) is 1.50. The van der Waals surface area contributed by atoms with Gasteiger partial charge in [0, 0.05) is 16.8 Å². The Kier molecular flexibility index (Phi) is 5.02. The number of rotatable bonds is 5. The zero-order valence-corrected chi connectivity index (χ0v) is 16.4. The lowest BCUT2D eigenvalue weighted by atomic mass is 10.1. The SMILES string of the molecule is COc1cc2c(cc1NC(=O)COC(=O)c1cc(C)ccc1O)oc1ccccc12. The van der Waals surface area contributed by atoms with Crippen molar-refractivity contribution in [3.63, 3.8) is 0 Å². The minimum atomic E-state index is -0.786. The van der Waals surface area contributed by atoms with Crippen molar-refractivity contribution in [2.24, 2.45) is 0 Å². The smallest absolute Gasteiger partial charge is 0.342 e. The van der Waals surface area contributed by atoms with E-state index in [1.165, 1.54) is 19.2 Å². The first-order chi connectivity index (χ1) is 14.5. The van der Waals surface area contributed by atoms with Gasteiger partial charge in [0.1, 0.15) is 28.2 Å². The standard InChI is InChI=1S/C23H19NO6/c1-13-7-8-18(25)16(9-13)23(27)29-12-22(26)24-17-11-20-15(10-21(17)28-2)14-5-3-4-6-19(14)30-20/h3-11,25H,12H2,1-2H3,(H,24,26). The highest BCUT2D eigenvalue weighted by Crippen LogP contribution is 2.36. The fraction of sp³-hybridized carbons (Fsp3) is 0.130. The number of phenols is 1. The number of ether oxygens (including phenoxy) is 2. The maximum Gasteiger partial charge on any atom is 0.342 e. The molecule has 1 aromatic heterocycles. The molecule has 0 bridgehead atoms. The maximum atomic E-state index is 12.3. The van der Waals surface area contributed by atoms with Gasteiger partial charge in [-0.1, -0.05) is 29.8 Å². The number of amides is 1. The monoisotopic (exact) mass is 405 g/mol. The Morgan fingerprint density at radius 1 is 1.03 bits per heavy atom. The Morgan fingerprint density at radius 3 is 2.63 bits per heavy atom. The molecule has 7 heteroatoms. The van der Waals surface area contributed by atoms with Gasteiger partial charge in [0.15, 0.2) is 6.61 Å². The molecule has 0 aliphatic carbocycles. The predicted molar refractivity (Wildman–Crippen MR) is 112 cm³/mol. The summed E-state index contributed by atoms with van der Waals surface area (Å²) < 4.78 is 16.3. The van der Waals surface area contributed by atoms with Crippen molar-refractivity contribution in [2.45, 2.75) is 6.92 Å². The topological polar surface area (TPSA) is 98.0 Å². The minimum Gasteiger partial charge on any atom is -0.507 e. The lowest BCUT2D eigenvalue weighted by Crippen LogP contribution is -2.21. The fourth-order valence-corrected chi connectivity index (χ4v) is 3.23. The number of phenolic OH excluding ortho intramolecular Hbond substituents is 1. The van der Waals surface area contributed by atoms with E-state index < -0.39 is 18.5 Å². The van der Waals surface area contributed by atoms with Crippen molar-refractivity contribution in [1.82, 2.24) is 0 Å². The summed E-state index contributed by atoms with van der Waals surface area (Å²) in [6, 6.07) is 15.6. The van der Waals surface area contributed by atoms with Gasteiger partial charge in [0.2, 0.25) is 0 Å². The highest BCUT2D eigenvalue weighted by Gasteiger charge is 2.17. The van der Waals surface area contributed by atoms with Crippen LogP contribution in [0.25, 0.3) is 21.9 Å². The molecule has 0 aliphatic heterocycles. The molecular weight excluding hydrogens is 386 g/mol. The second-order valence-electron chi connectivity index (χ2n) is 6.79. The molecule has 0 saturated carbocycles. The van der Waals surface area contributed by atoms with Gasteiger partial charge < -0.3 is 24.3 Å². The number of aromatic hydroxyl groups is 1. The Bertz CT molecular complexity index is 1270. The molecule has 7 nitrogen and oxygen atoms in total. The number of methoxy groups -OCH3 is 1. The Hall–Kier alpha value is -4.00. The van der Waals surface area contributed by atoms with Crippen molar-refractivity contribution in [1.29, 1.82) is 0 Å². The number of nitrogens with one attached hydrogen (secondary N) is 1. The van der Waals surface area contributed by atoms with Crippen LogP contribution in [0.3, 0.4) is 0 Å². The molecule has 1 amide bonds. The molecule has 30 heavy (non-hydrogen) atoms. The number of hydrogen-bond donors (Lipinski definition) is 2. The average Bonchev–Trinajstić information content (AvgIpc) is 3.10. The quantitative estimate of drug-likeness (QED) is 0.478. The molecular formula is C23H19NO6. The van der Waals surface area contributed by atoms with Crippen LogP contribution in [0.5, 0.6) is 11.5 Å². The van der Waals surface area contributed by atoms with Gasteiger partial charge in [-0.15, -0.1) is 0 Å². The molecule has 0 atom stereocenters. The molecule has 0 unspecified atom stereocenters. The highest BCUT2D eigenvalue weighted by atomic mass is 16.5. The summed E-state index contributed by atoms with van der Waals surface area (Å²) in [5.41, 5.74) is 2.50. The first-order valence-corrected chi connectivity index (χ1v) is 9.22. The van der Waals surface area contributed by atoms with Crippen molar-refractivity contribution < 1.29 is 28.6 Å². The Balaban J connectivity index is 1.51. The Labute approximate surface area is 171 Å². The first-order valence-electron chi connectivity index (χ1n) is 9.22. The van der Waals surface area contributed by atoms with E-state index in [-0.39, 0.29) is 11.3 Å². The molecule has 0 aliphatic rings. The van der Waals surface area contributed by atoms with Gasteiger partial charge in [0.05, 0.1) is 12.8 Å². The number of furan rings is 1. The molecule has 0 spiro atoms. The van der Waals surface area contributed by atoms with Gasteiger partial charge in [0.25, 0.3) is 5.91 Å². The lowest BCUT2D eigenvalue weighted by molar-refractivity contribution is -0.119. The van der Waals surface area contributed by atoms with Gasteiger partial charge in [-0.3, -0.25) is 4.79 Å². The van der Waals surface area contributed by atoms with E-state index in [1.54, 1.807) is 25.1 Å². The largest absolute Gasteiger partial charge is 0.507 e. The number of benzene rings is 3.